The highest BCUT2D eigenvalue weighted by Crippen LogP contribution is 2.23. The molecule has 17 heavy (non-hydrogen) atoms. The maximum absolute atomic E-state index is 11.3. The first-order chi connectivity index (χ1) is 7.95. The largest absolute Gasteiger partial charge is 0.463 e. The SMILES string of the molecule is COC(=O)C(=O)Cc1ccc(Cl)cc1[N+](=O)[O-]. The van der Waals surface area contributed by atoms with Gasteiger partial charge in [-0.15, -0.1) is 0 Å². The third-order valence-electron chi connectivity index (χ3n) is 2.01. The number of carbonyl (C=O) groups is 2. The highest BCUT2D eigenvalue weighted by atomic mass is 35.5. The Morgan fingerprint density at radius 1 is 1.47 bits per heavy atom. The van der Waals surface area contributed by atoms with E-state index in [2.05, 4.69) is 4.74 Å². The summed E-state index contributed by atoms with van der Waals surface area (Å²) in [5.41, 5.74) is -0.176. The summed E-state index contributed by atoms with van der Waals surface area (Å²) in [6, 6.07) is 3.87. The third kappa shape index (κ3) is 3.25. The Morgan fingerprint density at radius 2 is 2.12 bits per heavy atom. The molecule has 90 valence electrons. The Balaban J connectivity index is 3.02. The van der Waals surface area contributed by atoms with Gasteiger partial charge >= 0.3 is 5.97 Å². The summed E-state index contributed by atoms with van der Waals surface area (Å²) >= 11 is 5.61. The third-order valence-corrected chi connectivity index (χ3v) is 2.24. The van der Waals surface area contributed by atoms with Crippen LogP contribution in [0.15, 0.2) is 18.2 Å². The topological polar surface area (TPSA) is 86.5 Å². The van der Waals surface area contributed by atoms with E-state index in [0.29, 0.717) is 0 Å². The number of Topliss-reactive ketones (excluding diaryl/α,β-unsaturated/α-hetero) is 1. The standard InChI is InChI=1S/C10H8ClNO5/c1-17-10(14)9(13)4-6-2-3-7(11)5-8(6)12(15)16/h2-3,5H,4H2,1H3. The summed E-state index contributed by atoms with van der Waals surface area (Å²) in [5, 5.41) is 10.9. The number of carbonyl (C=O) groups excluding carboxylic acids is 2. The molecular formula is C10H8ClNO5. The van der Waals surface area contributed by atoms with E-state index in [1.54, 1.807) is 0 Å². The molecule has 7 heteroatoms. The molecule has 0 aliphatic heterocycles. The van der Waals surface area contributed by atoms with Crippen LogP contribution in [0, 0.1) is 10.1 Å². The summed E-state index contributed by atoms with van der Waals surface area (Å²) in [5.74, 6) is -1.88. The minimum Gasteiger partial charge on any atom is -0.463 e. The molecule has 0 saturated carbocycles. The molecule has 0 spiro atoms. The fourth-order valence-electron chi connectivity index (χ4n) is 1.22. The number of methoxy groups -OCH3 is 1. The van der Waals surface area contributed by atoms with Gasteiger partial charge in [0.2, 0.25) is 5.78 Å². The van der Waals surface area contributed by atoms with Crippen LogP contribution in [0.4, 0.5) is 5.69 Å². The molecule has 0 heterocycles. The van der Waals surface area contributed by atoms with E-state index < -0.39 is 16.7 Å². The Bertz CT molecular complexity index is 486. The van der Waals surface area contributed by atoms with Crippen molar-refractivity contribution in [1.29, 1.82) is 0 Å². The first-order valence-electron chi connectivity index (χ1n) is 4.49. The second-order valence-corrected chi connectivity index (χ2v) is 3.56. The predicted octanol–water partition coefficient (Wildman–Crippen LogP) is 1.53. The highest BCUT2D eigenvalue weighted by molar-refractivity contribution is 6.34. The zero-order chi connectivity index (χ0) is 13.0. The van der Waals surface area contributed by atoms with E-state index in [-0.39, 0.29) is 22.7 Å². The summed E-state index contributed by atoms with van der Waals surface area (Å²) in [7, 11) is 1.07. The van der Waals surface area contributed by atoms with Crippen molar-refractivity contribution in [3.63, 3.8) is 0 Å². The number of esters is 1. The fraction of sp³-hybridized carbons (Fsp3) is 0.200. The van der Waals surface area contributed by atoms with Crippen LogP contribution in [0.3, 0.4) is 0 Å². The number of halogens is 1. The lowest BCUT2D eigenvalue weighted by molar-refractivity contribution is -0.385. The van der Waals surface area contributed by atoms with Crippen molar-refractivity contribution in [3.05, 3.63) is 38.9 Å². The molecule has 0 saturated heterocycles. The van der Waals surface area contributed by atoms with Gasteiger partial charge in [-0.1, -0.05) is 17.7 Å². The molecule has 1 aromatic rings. The average molecular weight is 258 g/mol. The van der Waals surface area contributed by atoms with Gasteiger partial charge in [0, 0.05) is 23.1 Å². The van der Waals surface area contributed by atoms with Gasteiger partial charge in [-0.2, -0.15) is 0 Å². The van der Waals surface area contributed by atoms with Crippen LogP contribution in [0.5, 0.6) is 0 Å². The number of hydrogen-bond acceptors (Lipinski definition) is 5. The summed E-state index contributed by atoms with van der Waals surface area (Å²) in [6.07, 6.45) is -0.389. The first kappa shape index (κ1) is 13.1. The molecule has 0 N–H and O–H groups in total. The second-order valence-electron chi connectivity index (χ2n) is 3.12. The van der Waals surface area contributed by atoms with Crippen molar-refractivity contribution in [3.8, 4) is 0 Å². The Labute approximate surface area is 101 Å². The van der Waals surface area contributed by atoms with Crippen LogP contribution in [-0.4, -0.2) is 23.8 Å². The molecule has 0 aliphatic carbocycles. The highest BCUT2D eigenvalue weighted by Gasteiger charge is 2.21. The molecule has 1 rings (SSSR count). The normalized spacial score (nSPS) is 9.76. The monoisotopic (exact) mass is 257 g/mol. The van der Waals surface area contributed by atoms with Crippen molar-refractivity contribution < 1.29 is 19.2 Å². The summed E-state index contributed by atoms with van der Waals surface area (Å²) in [4.78, 5) is 32.2. The lowest BCUT2D eigenvalue weighted by Crippen LogP contribution is -2.18. The molecule has 0 atom stereocenters. The van der Waals surface area contributed by atoms with Gasteiger partial charge in [0.05, 0.1) is 12.0 Å². The predicted molar refractivity (Wildman–Crippen MR) is 58.8 cm³/mol. The Morgan fingerprint density at radius 3 is 2.65 bits per heavy atom. The van der Waals surface area contributed by atoms with Gasteiger partial charge in [0.15, 0.2) is 0 Å². The maximum Gasteiger partial charge on any atom is 0.374 e. The lowest BCUT2D eigenvalue weighted by Gasteiger charge is -2.02. The lowest BCUT2D eigenvalue weighted by atomic mass is 10.1. The minimum atomic E-state index is -1.03. The van der Waals surface area contributed by atoms with E-state index in [9.17, 15) is 19.7 Å². The van der Waals surface area contributed by atoms with Crippen LogP contribution < -0.4 is 0 Å². The van der Waals surface area contributed by atoms with Crippen molar-refractivity contribution in [2.45, 2.75) is 6.42 Å². The van der Waals surface area contributed by atoms with Gasteiger partial charge < -0.3 is 4.74 Å². The summed E-state index contributed by atoms with van der Waals surface area (Å²) in [6.45, 7) is 0. The molecule has 0 aliphatic rings. The van der Waals surface area contributed by atoms with Gasteiger partial charge in [-0.25, -0.2) is 4.79 Å². The Kier molecular flexibility index (Phi) is 4.17. The number of ether oxygens (including phenoxy) is 1. The Hall–Kier alpha value is -1.95. The van der Waals surface area contributed by atoms with Gasteiger partial charge in [-0.3, -0.25) is 14.9 Å². The first-order valence-corrected chi connectivity index (χ1v) is 4.87. The van der Waals surface area contributed by atoms with E-state index in [1.807, 2.05) is 0 Å². The van der Waals surface area contributed by atoms with Crippen molar-refractivity contribution in [2.75, 3.05) is 7.11 Å². The van der Waals surface area contributed by atoms with Crippen molar-refractivity contribution >= 4 is 29.0 Å². The average Bonchev–Trinajstić information content (AvgIpc) is 2.29. The van der Waals surface area contributed by atoms with Crippen molar-refractivity contribution in [1.82, 2.24) is 0 Å². The molecule has 0 fully saturated rings. The van der Waals surface area contributed by atoms with E-state index >= 15 is 0 Å². The smallest absolute Gasteiger partial charge is 0.374 e. The minimum absolute atomic E-state index is 0.120. The molecule has 0 unspecified atom stereocenters. The van der Waals surface area contributed by atoms with Crippen LogP contribution in [-0.2, 0) is 20.7 Å². The van der Waals surface area contributed by atoms with E-state index in [0.717, 1.165) is 13.2 Å². The molecular weight excluding hydrogens is 250 g/mol. The second kappa shape index (κ2) is 5.40. The number of nitro groups is 1. The molecule has 0 aromatic heterocycles. The fourth-order valence-corrected chi connectivity index (χ4v) is 1.38. The molecule has 6 nitrogen and oxygen atoms in total. The van der Waals surface area contributed by atoms with Crippen LogP contribution in [0.1, 0.15) is 5.56 Å². The van der Waals surface area contributed by atoms with Gasteiger partial charge in [0.1, 0.15) is 0 Å². The molecule has 1 aromatic carbocycles. The number of rotatable bonds is 4. The molecule has 0 bridgehead atoms. The number of ketones is 1. The van der Waals surface area contributed by atoms with Crippen LogP contribution in [0.25, 0.3) is 0 Å². The van der Waals surface area contributed by atoms with Crippen molar-refractivity contribution in [2.24, 2.45) is 0 Å². The van der Waals surface area contributed by atoms with Gasteiger partial charge in [0.25, 0.3) is 5.69 Å². The quantitative estimate of drug-likeness (QED) is 0.353. The zero-order valence-electron chi connectivity index (χ0n) is 8.81. The number of hydrogen-bond donors (Lipinski definition) is 0. The van der Waals surface area contributed by atoms with E-state index in [1.165, 1.54) is 12.1 Å². The maximum atomic E-state index is 11.3. The number of nitro benzene ring substituents is 1. The van der Waals surface area contributed by atoms with E-state index in [4.69, 9.17) is 11.6 Å². The van der Waals surface area contributed by atoms with Crippen LogP contribution in [0.2, 0.25) is 5.02 Å². The molecule has 0 amide bonds. The summed E-state index contributed by atoms with van der Waals surface area (Å²) < 4.78 is 4.22. The number of nitrogens with zero attached hydrogens (tertiary/aromatic N) is 1. The molecule has 0 radical (unpaired) electrons. The van der Waals surface area contributed by atoms with Crippen LogP contribution >= 0.6 is 11.6 Å². The number of benzene rings is 1. The zero-order valence-corrected chi connectivity index (χ0v) is 9.56. The van der Waals surface area contributed by atoms with Gasteiger partial charge in [-0.05, 0) is 6.07 Å².